The van der Waals surface area contributed by atoms with Gasteiger partial charge in [0, 0.05) is 15.9 Å². The number of alkyl halides is 1. The standard InChI is InChI=1S/C13H17BrFN/c1-12(2,15)11(13(16)6-7-13)9-4-3-5-10(14)8-9/h3-5,8,11H,6-7,16H2,1-2H3. The van der Waals surface area contributed by atoms with E-state index in [2.05, 4.69) is 15.9 Å². The zero-order chi connectivity index (χ0) is 12.0. The molecule has 0 saturated heterocycles. The third kappa shape index (κ3) is 2.30. The van der Waals surface area contributed by atoms with Crippen LogP contribution in [0.3, 0.4) is 0 Å². The number of halogens is 2. The van der Waals surface area contributed by atoms with Gasteiger partial charge in [-0.1, -0.05) is 28.1 Å². The van der Waals surface area contributed by atoms with E-state index in [1.54, 1.807) is 13.8 Å². The normalized spacial score (nSPS) is 20.6. The van der Waals surface area contributed by atoms with Crippen LogP contribution >= 0.6 is 15.9 Å². The molecule has 0 aromatic heterocycles. The molecule has 1 unspecified atom stereocenters. The van der Waals surface area contributed by atoms with Gasteiger partial charge in [0.2, 0.25) is 0 Å². The van der Waals surface area contributed by atoms with Crippen molar-refractivity contribution in [3.8, 4) is 0 Å². The van der Waals surface area contributed by atoms with Crippen molar-refractivity contribution in [2.75, 3.05) is 0 Å². The predicted molar refractivity (Wildman–Crippen MR) is 68.2 cm³/mol. The molecule has 0 aliphatic heterocycles. The Morgan fingerprint density at radius 1 is 1.44 bits per heavy atom. The van der Waals surface area contributed by atoms with Crippen LogP contribution in [0.5, 0.6) is 0 Å². The van der Waals surface area contributed by atoms with Crippen molar-refractivity contribution < 1.29 is 4.39 Å². The van der Waals surface area contributed by atoms with E-state index in [0.717, 1.165) is 22.9 Å². The van der Waals surface area contributed by atoms with Crippen molar-refractivity contribution in [1.82, 2.24) is 0 Å². The Morgan fingerprint density at radius 2 is 2.06 bits per heavy atom. The SMILES string of the molecule is CC(C)(F)C(c1cccc(Br)c1)C1(N)CC1. The second kappa shape index (κ2) is 3.81. The molecule has 1 saturated carbocycles. The molecular formula is C13H17BrFN. The van der Waals surface area contributed by atoms with Gasteiger partial charge in [0.25, 0.3) is 0 Å². The summed E-state index contributed by atoms with van der Waals surface area (Å²) >= 11 is 3.42. The summed E-state index contributed by atoms with van der Waals surface area (Å²) in [6.45, 7) is 3.23. The van der Waals surface area contributed by atoms with Gasteiger partial charge in [0.15, 0.2) is 0 Å². The van der Waals surface area contributed by atoms with Gasteiger partial charge in [-0.3, -0.25) is 0 Å². The van der Waals surface area contributed by atoms with Crippen LogP contribution in [0.2, 0.25) is 0 Å². The van der Waals surface area contributed by atoms with E-state index in [-0.39, 0.29) is 11.5 Å². The quantitative estimate of drug-likeness (QED) is 0.899. The number of hydrogen-bond acceptors (Lipinski definition) is 1. The third-order valence-corrected chi connectivity index (χ3v) is 3.76. The van der Waals surface area contributed by atoms with Crippen LogP contribution in [-0.2, 0) is 0 Å². The zero-order valence-electron chi connectivity index (χ0n) is 9.63. The second-order valence-corrected chi connectivity index (χ2v) is 6.20. The van der Waals surface area contributed by atoms with E-state index in [4.69, 9.17) is 5.73 Å². The minimum atomic E-state index is -1.29. The van der Waals surface area contributed by atoms with Crippen molar-refractivity contribution in [2.24, 2.45) is 5.73 Å². The highest BCUT2D eigenvalue weighted by Gasteiger charge is 2.52. The monoisotopic (exact) mass is 285 g/mol. The predicted octanol–water partition coefficient (Wildman–Crippen LogP) is 3.77. The minimum absolute atomic E-state index is 0.225. The number of nitrogens with two attached hydrogens (primary N) is 1. The summed E-state index contributed by atoms with van der Waals surface area (Å²) in [5.41, 5.74) is 5.56. The highest BCUT2D eigenvalue weighted by atomic mass is 79.9. The first kappa shape index (κ1) is 12.1. The molecule has 2 N–H and O–H groups in total. The summed E-state index contributed by atoms with van der Waals surface area (Å²) in [5.74, 6) is -0.225. The molecule has 1 atom stereocenters. The van der Waals surface area contributed by atoms with Crippen molar-refractivity contribution >= 4 is 15.9 Å². The Kier molecular flexibility index (Phi) is 2.87. The molecule has 1 aromatic rings. The summed E-state index contributed by atoms with van der Waals surface area (Å²) in [6.07, 6.45) is 1.83. The lowest BCUT2D eigenvalue weighted by atomic mass is 9.79. The summed E-state index contributed by atoms with van der Waals surface area (Å²) < 4.78 is 15.3. The Balaban J connectivity index is 2.40. The summed E-state index contributed by atoms with van der Waals surface area (Å²) in [7, 11) is 0. The molecule has 0 bridgehead atoms. The highest BCUT2D eigenvalue weighted by molar-refractivity contribution is 9.10. The van der Waals surface area contributed by atoms with Gasteiger partial charge in [0.05, 0.1) is 0 Å². The van der Waals surface area contributed by atoms with Crippen molar-refractivity contribution in [2.45, 2.75) is 43.8 Å². The van der Waals surface area contributed by atoms with Gasteiger partial charge in [0.1, 0.15) is 5.67 Å². The minimum Gasteiger partial charge on any atom is -0.324 e. The molecule has 1 aliphatic rings. The number of rotatable bonds is 3. The van der Waals surface area contributed by atoms with Gasteiger partial charge >= 0.3 is 0 Å². The first-order chi connectivity index (χ1) is 7.33. The molecule has 0 spiro atoms. The number of hydrogen-bond donors (Lipinski definition) is 1. The molecule has 3 heteroatoms. The largest absolute Gasteiger partial charge is 0.324 e. The molecular weight excluding hydrogens is 269 g/mol. The molecule has 1 aromatic carbocycles. The molecule has 1 fully saturated rings. The highest BCUT2D eigenvalue weighted by Crippen LogP contribution is 2.51. The van der Waals surface area contributed by atoms with Crippen molar-refractivity contribution in [1.29, 1.82) is 0 Å². The lowest BCUT2D eigenvalue weighted by Crippen LogP contribution is -2.41. The maximum Gasteiger partial charge on any atom is 0.114 e. The summed E-state index contributed by atoms with van der Waals surface area (Å²) in [5, 5.41) is 0. The van der Waals surface area contributed by atoms with Gasteiger partial charge in [-0.2, -0.15) is 0 Å². The average molecular weight is 286 g/mol. The lowest BCUT2D eigenvalue weighted by Gasteiger charge is -2.33. The second-order valence-electron chi connectivity index (χ2n) is 5.29. The van der Waals surface area contributed by atoms with E-state index in [1.807, 2.05) is 24.3 Å². The van der Waals surface area contributed by atoms with Crippen LogP contribution < -0.4 is 5.73 Å². The fourth-order valence-electron chi connectivity index (χ4n) is 2.53. The Bertz CT molecular complexity index is 388. The van der Waals surface area contributed by atoms with Crippen LogP contribution in [0.1, 0.15) is 38.2 Å². The fraction of sp³-hybridized carbons (Fsp3) is 0.538. The fourth-order valence-corrected chi connectivity index (χ4v) is 2.95. The molecule has 0 radical (unpaired) electrons. The third-order valence-electron chi connectivity index (χ3n) is 3.27. The van der Waals surface area contributed by atoms with E-state index in [0.29, 0.717) is 0 Å². The van der Waals surface area contributed by atoms with Gasteiger partial charge < -0.3 is 5.73 Å². The lowest BCUT2D eigenvalue weighted by molar-refractivity contribution is 0.147. The van der Waals surface area contributed by atoms with E-state index in [9.17, 15) is 4.39 Å². The average Bonchev–Trinajstić information content (AvgIpc) is 2.81. The van der Waals surface area contributed by atoms with E-state index >= 15 is 0 Å². The van der Waals surface area contributed by atoms with Crippen LogP contribution in [0.4, 0.5) is 4.39 Å². The summed E-state index contributed by atoms with van der Waals surface area (Å²) in [6, 6.07) is 7.81. The Labute approximate surface area is 104 Å². The van der Waals surface area contributed by atoms with E-state index in [1.165, 1.54) is 0 Å². The van der Waals surface area contributed by atoms with E-state index < -0.39 is 5.67 Å². The molecule has 0 amide bonds. The molecule has 2 rings (SSSR count). The molecule has 88 valence electrons. The zero-order valence-corrected chi connectivity index (χ0v) is 11.2. The summed E-state index contributed by atoms with van der Waals surface area (Å²) in [4.78, 5) is 0. The molecule has 1 nitrogen and oxygen atoms in total. The van der Waals surface area contributed by atoms with Crippen LogP contribution in [-0.4, -0.2) is 11.2 Å². The molecule has 16 heavy (non-hydrogen) atoms. The smallest absolute Gasteiger partial charge is 0.114 e. The maximum absolute atomic E-state index is 14.3. The topological polar surface area (TPSA) is 26.0 Å². The van der Waals surface area contributed by atoms with Crippen molar-refractivity contribution in [3.63, 3.8) is 0 Å². The van der Waals surface area contributed by atoms with Crippen LogP contribution in [0, 0.1) is 0 Å². The maximum atomic E-state index is 14.3. The van der Waals surface area contributed by atoms with Gasteiger partial charge in [-0.15, -0.1) is 0 Å². The van der Waals surface area contributed by atoms with Crippen molar-refractivity contribution in [3.05, 3.63) is 34.3 Å². The Morgan fingerprint density at radius 3 is 2.50 bits per heavy atom. The molecule has 0 heterocycles. The van der Waals surface area contributed by atoms with Crippen LogP contribution in [0.25, 0.3) is 0 Å². The Hall–Kier alpha value is -0.410. The number of benzene rings is 1. The molecule has 1 aliphatic carbocycles. The van der Waals surface area contributed by atoms with Crippen LogP contribution in [0.15, 0.2) is 28.7 Å². The first-order valence-electron chi connectivity index (χ1n) is 5.56. The van der Waals surface area contributed by atoms with Gasteiger partial charge in [-0.25, -0.2) is 4.39 Å². The van der Waals surface area contributed by atoms with Gasteiger partial charge in [-0.05, 0) is 44.4 Å². The first-order valence-corrected chi connectivity index (χ1v) is 6.35.